The summed E-state index contributed by atoms with van der Waals surface area (Å²) in [6.07, 6.45) is 0. The molecule has 106 valence electrons. The molecule has 0 saturated heterocycles. The minimum absolute atomic E-state index is 0.223. The monoisotopic (exact) mass is 273 g/mol. The summed E-state index contributed by atoms with van der Waals surface area (Å²) in [5.74, 6) is 0.541. The largest absolute Gasteiger partial charge is 0.489 e. The molecule has 0 aliphatic rings. The predicted octanol–water partition coefficient (Wildman–Crippen LogP) is 3.79. The summed E-state index contributed by atoms with van der Waals surface area (Å²) in [4.78, 5) is 0. The van der Waals surface area contributed by atoms with Crippen molar-refractivity contribution in [3.8, 4) is 5.75 Å². The Morgan fingerprint density at radius 2 is 1.85 bits per heavy atom. The van der Waals surface area contributed by atoms with Gasteiger partial charge in [0.15, 0.2) is 0 Å². The first-order valence-corrected chi connectivity index (χ1v) is 6.69. The van der Waals surface area contributed by atoms with Crippen LogP contribution in [-0.2, 0) is 13.2 Å². The smallest absolute Gasteiger partial charge is 0.130 e. The molecule has 2 aromatic carbocycles. The molecule has 0 atom stereocenters. The molecule has 0 aliphatic carbocycles. The van der Waals surface area contributed by atoms with Crippen LogP contribution in [0.2, 0.25) is 0 Å². The second-order valence-electron chi connectivity index (χ2n) is 5.12. The lowest BCUT2D eigenvalue weighted by Crippen LogP contribution is -2.03. The Bertz CT molecular complexity index is 623. The number of hydrogen-bond acceptors (Lipinski definition) is 2. The average molecular weight is 273 g/mol. The van der Waals surface area contributed by atoms with Crippen LogP contribution in [0.5, 0.6) is 5.75 Å². The lowest BCUT2D eigenvalue weighted by molar-refractivity contribution is 0.297. The van der Waals surface area contributed by atoms with Crippen molar-refractivity contribution in [1.82, 2.24) is 0 Å². The van der Waals surface area contributed by atoms with Crippen LogP contribution in [0.15, 0.2) is 30.3 Å². The van der Waals surface area contributed by atoms with E-state index in [1.807, 2.05) is 32.9 Å². The second kappa shape index (κ2) is 6.06. The van der Waals surface area contributed by atoms with Crippen molar-refractivity contribution in [2.45, 2.75) is 33.9 Å². The van der Waals surface area contributed by atoms with Gasteiger partial charge in [0.25, 0.3) is 0 Å². The molecule has 0 aromatic heterocycles. The van der Waals surface area contributed by atoms with Crippen molar-refractivity contribution in [2.75, 3.05) is 0 Å². The number of aryl methyl sites for hydroxylation is 2. The van der Waals surface area contributed by atoms with E-state index in [-0.39, 0.29) is 12.4 Å². The van der Waals surface area contributed by atoms with Gasteiger partial charge in [-0.3, -0.25) is 0 Å². The van der Waals surface area contributed by atoms with E-state index in [2.05, 4.69) is 6.07 Å². The molecule has 2 nitrogen and oxygen atoms in total. The summed E-state index contributed by atoms with van der Waals surface area (Å²) < 4.78 is 19.6. The molecule has 20 heavy (non-hydrogen) atoms. The summed E-state index contributed by atoms with van der Waals surface area (Å²) in [6, 6.07) is 9.12. The highest BCUT2D eigenvalue weighted by Gasteiger charge is 2.07. The molecule has 2 aromatic rings. The number of benzene rings is 2. The molecule has 0 fully saturated rings. The molecule has 2 N–H and O–H groups in total. The quantitative estimate of drug-likeness (QED) is 0.920. The van der Waals surface area contributed by atoms with Crippen LogP contribution >= 0.6 is 0 Å². The Kier molecular flexibility index (Phi) is 4.40. The van der Waals surface area contributed by atoms with E-state index in [0.29, 0.717) is 12.1 Å². The van der Waals surface area contributed by atoms with E-state index in [9.17, 15) is 4.39 Å². The van der Waals surface area contributed by atoms with Gasteiger partial charge in [0, 0.05) is 12.1 Å². The number of ether oxygens (including phenoxy) is 1. The molecule has 0 amide bonds. The Balaban J connectivity index is 2.17. The van der Waals surface area contributed by atoms with Crippen LogP contribution in [0.25, 0.3) is 0 Å². The van der Waals surface area contributed by atoms with Gasteiger partial charge in [-0.2, -0.15) is 0 Å². The third kappa shape index (κ3) is 3.17. The van der Waals surface area contributed by atoms with E-state index >= 15 is 0 Å². The van der Waals surface area contributed by atoms with Gasteiger partial charge in [0.2, 0.25) is 0 Å². The molecule has 2 rings (SSSR count). The standard InChI is InChI=1S/C17H20FNO/c1-11-6-12(2)13(3)17(7-11)20-10-15-5-4-14(9-19)8-16(15)18/h4-8H,9-10,19H2,1-3H3. The van der Waals surface area contributed by atoms with Gasteiger partial charge in [-0.1, -0.05) is 18.2 Å². The van der Waals surface area contributed by atoms with Crippen LogP contribution in [-0.4, -0.2) is 0 Å². The highest BCUT2D eigenvalue weighted by Crippen LogP contribution is 2.24. The van der Waals surface area contributed by atoms with Crippen LogP contribution in [0.3, 0.4) is 0 Å². The summed E-state index contributed by atoms with van der Waals surface area (Å²) in [5.41, 5.74) is 10.2. The molecule has 0 heterocycles. The average Bonchev–Trinajstić information content (AvgIpc) is 2.42. The van der Waals surface area contributed by atoms with Gasteiger partial charge in [-0.15, -0.1) is 0 Å². The fourth-order valence-electron chi connectivity index (χ4n) is 2.14. The van der Waals surface area contributed by atoms with Gasteiger partial charge in [-0.25, -0.2) is 4.39 Å². The maximum atomic E-state index is 13.9. The first kappa shape index (κ1) is 14.5. The van der Waals surface area contributed by atoms with Crippen molar-refractivity contribution in [1.29, 1.82) is 0 Å². The SMILES string of the molecule is Cc1cc(C)c(C)c(OCc2ccc(CN)cc2F)c1. The van der Waals surface area contributed by atoms with E-state index in [1.165, 1.54) is 11.6 Å². The molecular weight excluding hydrogens is 253 g/mol. The summed E-state index contributed by atoms with van der Waals surface area (Å²) in [6.45, 7) is 6.65. The number of halogens is 1. The van der Waals surface area contributed by atoms with E-state index in [4.69, 9.17) is 10.5 Å². The van der Waals surface area contributed by atoms with Gasteiger partial charge < -0.3 is 10.5 Å². The lowest BCUT2D eigenvalue weighted by atomic mass is 10.1. The first-order valence-electron chi connectivity index (χ1n) is 6.69. The zero-order valence-electron chi connectivity index (χ0n) is 12.2. The van der Waals surface area contributed by atoms with E-state index < -0.39 is 0 Å². The zero-order chi connectivity index (χ0) is 14.7. The molecule has 3 heteroatoms. The summed E-state index contributed by atoms with van der Waals surface area (Å²) >= 11 is 0. The fraction of sp³-hybridized carbons (Fsp3) is 0.294. The van der Waals surface area contributed by atoms with Gasteiger partial charge in [-0.05, 0) is 55.2 Å². The molecule has 0 unspecified atom stereocenters. The molecular formula is C17H20FNO. The van der Waals surface area contributed by atoms with Gasteiger partial charge in [0.05, 0.1) is 0 Å². The van der Waals surface area contributed by atoms with Crippen LogP contribution < -0.4 is 10.5 Å². The first-order chi connectivity index (χ1) is 9.51. The molecule has 0 saturated carbocycles. The normalized spacial score (nSPS) is 10.7. The van der Waals surface area contributed by atoms with Crippen LogP contribution in [0.4, 0.5) is 4.39 Å². The van der Waals surface area contributed by atoms with Gasteiger partial charge in [0.1, 0.15) is 18.2 Å². The minimum Gasteiger partial charge on any atom is -0.489 e. The topological polar surface area (TPSA) is 35.2 Å². The van der Waals surface area contributed by atoms with Gasteiger partial charge >= 0.3 is 0 Å². The van der Waals surface area contributed by atoms with Crippen molar-refractivity contribution in [2.24, 2.45) is 5.73 Å². The van der Waals surface area contributed by atoms with Crippen molar-refractivity contribution < 1.29 is 9.13 Å². The summed E-state index contributed by atoms with van der Waals surface area (Å²) in [5, 5.41) is 0. The third-order valence-corrected chi connectivity index (χ3v) is 3.50. The predicted molar refractivity (Wildman–Crippen MR) is 79.3 cm³/mol. The zero-order valence-corrected chi connectivity index (χ0v) is 12.2. The van der Waals surface area contributed by atoms with Crippen molar-refractivity contribution >= 4 is 0 Å². The molecule has 0 aliphatic heterocycles. The Morgan fingerprint density at radius 3 is 2.50 bits per heavy atom. The Labute approximate surface area is 119 Å². The van der Waals surface area contributed by atoms with E-state index in [1.54, 1.807) is 6.07 Å². The third-order valence-electron chi connectivity index (χ3n) is 3.50. The molecule has 0 radical (unpaired) electrons. The minimum atomic E-state index is -0.269. The number of nitrogens with two attached hydrogens (primary N) is 1. The highest BCUT2D eigenvalue weighted by atomic mass is 19.1. The fourth-order valence-corrected chi connectivity index (χ4v) is 2.14. The Hall–Kier alpha value is -1.87. The molecule has 0 bridgehead atoms. The highest BCUT2D eigenvalue weighted by molar-refractivity contribution is 5.42. The number of hydrogen-bond donors (Lipinski definition) is 1. The maximum absolute atomic E-state index is 13.9. The van der Waals surface area contributed by atoms with Crippen LogP contribution in [0.1, 0.15) is 27.8 Å². The Morgan fingerprint density at radius 1 is 1.10 bits per heavy atom. The lowest BCUT2D eigenvalue weighted by Gasteiger charge is -2.13. The van der Waals surface area contributed by atoms with Crippen LogP contribution in [0, 0.1) is 26.6 Å². The summed E-state index contributed by atoms with van der Waals surface area (Å²) in [7, 11) is 0. The maximum Gasteiger partial charge on any atom is 0.130 e. The number of rotatable bonds is 4. The molecule has 0 spiro atoms. The van der Waals surface area contributed by atoms with Crippen molar-refractivity contribution in [3.05, 3.63) is 64.0 Å². The van der Waals surface area contributed by atoms with Crippen molar-refractivity contribution in [3.63, 3.8) is 0 Å². The second-order valence-corrected chi connectivity index (χ2v) is 5.12. The van der Waals surface area contributed by atoms with E-state index in [0.717, 1.165) is 22.4 Å².